The first-order valence-corrected chi connectivity index (χ1v) is 9.81. The van der Waals surface area contributed by atoms with Crippen LogP contribution in [0.2, 0.25) is 5.02 Å². The van der Waals surface area contributed by atoms with Gasteiger partial charge in [-0.1, -0.05) is 18.5 Å². The van der Waals surface area contributed by atoms with Crippen LogP contribution in [0.5, 0.6) is 0 Å². The van der Waals surface area contributed by atoms with Gasteiger partial charge in [0, 0.05) is 61.8 Å². The lowest BCUT2D eigenvalue weighted by Gasteiger charge is -2.37. The molecule has 2 fully saturated rings. The number of ether oxygens (including phenoxy) is 1. The zero-order valence-corrected chi connectivity index (χ0v) is 15.9. The van der Waals surface area contributed by atoms with Gasteiger partial charge in [-0.05, 0) is 36.1 Å². The number of piperazine rings is 1. The molecule has 0 amide bonds. The van der Waals surface area contributed by atoms with E-state index in [1.165, 1.54) is 0 Å². The van der Waals surface area contributed by atoms with Crippen LogP contribution in [-0.2, 0) is 17.7 Å². The van der Waals surface area contributed by atoms with E-state index >= 15 is 0 Å². The normalized spacial score (nSPS) is 22.3. The van der Waals surface area contributed by atoms with Crippen LogP contribution in [0.15, 0.2) is 27.4 Å². The van der Waals surface area contributed by atoms with Gasteiger partial charge in [-0.25, -0.2) is 4.79 Å². The van der Waals surface area contributed by atoms with Gasteiger partial charge in [-0.15, -0.1) is 0 Å². The molecule has 2 saturated heterocycles. The van der Waals surface area contributed by atoms with Crippen molar-refractivity contribution in [3.63, 3.8) is 0 Å². The van der Waals surface area contributed by atoms with Gasteiger partial charge in [0.05, 0.1) is 6.61 Å². The maximum absolute atomic E-state index is 12.0. The Hall–Kier alpha value is -1.40. The lowest BCUT2D eigenvalue weighted by molar-refractivity contribution is 0.0816. The van der Waals surface area contributed by atoms with Crippen LogP contribution in [0.4, 0.5) is 0 Å². The average Bonchev–Trinajstić information content (AvgIpc) is 3.17. The number of hydrogen-bond donors (Lipinski definition) is 0. The Labute approximate surface area is 158 Å². The second-order valence-corrected chi connectivity index (χ2v) is 7.62. The van der Waals surface area contributed by atoms with E-state index in [4.69, 9.17) is 20.8 Å². The summed E-state index contributed by atoms with van der Waals surface area (Å²) in [6.45, 7) is 8.64. The number of fused-ring (bicyclic) bond motifs is 1. The predicted octanol–water partition coefficient (Wildman–Crippen LogP) is 2.92. The third kappa shape index (κ3) is 3.67. The zero-order valence-electron chi connectivity index (χ0n) is 15.2. The maximum atomic E-state index is 12.0. The molecule has 0 N–H and O–H groups in total. The highest BCUT2D eigenvalue weighted by molar-refractivity contribution is 6.32. The van der Waals surface area contributed by atoms with Crippen molar-refractivity contribution in [2.24, 2.45) is 0 Å². The van der Waals surface area contributed by atoms with Gasteiger partial charge in [-0.2, -0.15) is 0 Å². The molecule has 2 aliphatic heterocycles. The Morgan fingerprint density at radius 2 is 1.96 bits per heavy atom. The third-order valence-corrected chi connectivity index (χ3v) is 5.95. The van der Waals surface area contributed by atoms with Gasteiger partial charge in [0.1, 0.15) is 5.58 Å². The quantitative estimate of drug-likeness (QED) is 0.768. The molecular formula is C20H25ClN2O3. The lowest BCUT2D eigenvalue weighted by Crippen LogP contribution is -2.50. The zero-order chi connectivity index (χ0) is 18.1. The first-order chi connectivity index (χ1) is 12.6. The summed E-state index contributed by atoms with van der Waals surface area (Å²) in [7, 11) is 0. The fourth-order valence-corrected chi connectivity index (χ4v) is 4.33. The average molecular weight is 377 g/mol. The lowest BCUT2D eigenvalue weighted by atomic mass is 10.1. The molecular weight excluding hydrogens is 352 g/mol. The topological polar surface area (TPSA) is 45.9 Å². The van der Waals surface area contributed by atoms with Crippen molar-refractivity contribution in [1.29, 1.82) is 0 Å². The molecule has 1 unspecified atom stereocenters. The Bertz CT molecular complexity index is 837. The molecule has 2 aromatic rings. The molecule has 0 spiro atoms. The molecule has 4 rings (SSSR count). The van der Waals surface area contributed by atoms with Gasteiger partial charge < -0.3 is 9.15 Å². The fourth-order valence-electron chi connectivity index (χ4n) is 4.03. The van der Waals surface area contributed by atoms with Crippen LogP contribution in [0.1, 0.15) is 24.5 Å². The molecule has 0 radical (unpaired) electrons. The summed E-state index contributed by atoms with van der Waals surface area (Å²) in [5, 5.41) is 1.68. The minimum atomic E-state index is -0.293. The number of benzene rings is 1. The highest BCUT2D eigenvalue weighted by Crippen LogP contribution is 2.27. The van der Waals surface area contributed by atoms with E-state index < -0.39 is 0 Å². The second-order valence-electron chi connectivity index (χ2n) is 7.21. The van der Waals surface area contributed by atoms with Crippen molar-refractivity contribution < 1.29 is 9.15 Å². The summed E-state index contributed by atoms with van der Waals surface area (Å²) in [4.78, 5) is 17.0. The molecule has 6 heteroatoms. The molecule has 0 bridgehead atoms. The summed E-state index contributed by atoms with van der Waals surface area (Å²) >= 11 is 6.40. The maximum Gasteiger partial charge on any atom is 0.336 e. The Balaban J connectivity index is 1.52. The molecule has 1 atom stereocenters. The van der Waals surface area contributed by atoms with E-state index in [1.54, 1.807) is 6.07 Å². The molecule has 140 valence electrons. The number of hydrogen-bond acceptors (Lipinski definition) is 5. The first kappa shape index (κ1) is 18.0. The number of aryl methyl sites for hydroxylation is 1. The largest absolute Gasteiger partial charge is 0.423 e. The smallest absolute Gasteiger partial charge is 0.336 e. The van der Waals surface area contributed by atoms with E-state index in [9.17, 15) is 4.79 Å². The van der Waals surface area contributed by atoms with Crippen LogP contribution in [0.3, 0.4) is 0 Å². The Morgan fingerprint density at radius 1 is 1.15 bits per heavy atom. The van der Waals surface area contributed by atoms with Crippen LogP contribution in [0, 0.1) is 0 Å². The van der Waals surface area contributed by atoms with Crippen LogP contribution < -0.4 is 5.63 Å². The Morgan fingerprint density at radius 3 is 2.65 bits per heavy atom. The number of nitrogens with zero attached hydrogens (tertiary/aromatic N) is 2. The highest BCUT2D eigenvalue weighted by Gasteiger charge is 2.27. The molecule has 0 saturated carbocycles. The molecule has 2 aliphatic rings. The summed E-state index contributed by atoms with van der Waals surface area (Å²) in [6.07, 6.45) is 1.96. The minimum absolute atomic E-state index is 0.293. The van der Waals surface area contributed by atoms with E-state index in [2.05, 4.69) is 9.80 Å². The van der Waals surface area contributed by atoms with Crippen molar-refractivity contribution in [3.8, 4) is 0 Å². The van der Waals surface area contributed by atoms with Crippen molar-refractivity contribution in [3.05, 3.63) is 44.8 Å². The van der Waals surface area contributed by atoms with Crippen molar-refractivity contribution in [2.75, 3.05) is 39.4 Å². The molecule has 1 aromatic carbocycles. The summed E-state index contributed by atoms with van der Waals surface area (Å²) in [5.41, 5.74) is 2.35. The van der Waals surface area contributed by atoms with Gasteiger partial charge in [0.2, 0.25) is 0 Å². The number of halogens is 1. The van der Waals surface area contributed by atoms with Gasteiger partial charge in [0.25, 0.3) is 0 Å². The molecule has 3 heterocycles. The summed E-state index contributed by atoms with van der Waals surface area (Å²) in [5.74, 6) is 0. The van der Waals surface area contributed by atoms with Crippen molar-refractivity contribution in [2.45, 2.75) is 32.4 Å². The monoisotopic (exact) mass is 376 g/mol. The van der Waals surface area contributed by atoms with Crippen LogP contribution in [-0.4, -0.2) is 55.2 Å². The molecule has 26 heavy (non-hydrogen) atoms. The molecule has 0 aliphatic carbocycles. The first-order valence-electron chi connectivity index (χ1n) is 9.43. The van der Waals surface area contributed by atoms with Crippen molar-refractivity contribution >= 4 is 22.6 Å². The number of rotatable bonds is 4. The van der Waals surface area contributed by atoms with Gasteiger partial charge in [-0.3, -0.25) is 9.80 Å². The van der Waals surface area contributed by atoms with Gasteiger partial charge >= 0.3 is 5.63 Å². The van der Waals surface area contributed by atoms with Crippen LogP contribution in [0.25, 0.3) is 11.0 Å². The predicted molar refractivity (Wildman–Crippen MR) is 103 cm³/mol. The standard InChI is InChI=1S/C20H25ClN2O3/c1-2-14-9-19-17(11-18(14)21)15(10-20(24)26-19)12-22-4-6-23(7-5-22)16-3-8-25-13-16/h9-11,16H,2-8,12-13H2,1H3. The molecule has 1 aromatic heterocycles. The van der Waals surface area contributed by atoms with Crippen LogP contribution >= 0.6 is 11.6 Å². The fraction of sp³-hybridized carbons (Fsp3) is 0.550. The summed E-state index contributed by atoms with van der Waals surface area (Å²) < 4.78 is 10.9. The van der Waals surface area contributed by atoms with E-state index in [0.29, 0.717) is 11.6 Å². The molecule has 5 nitrogen and oxygen atoms in total. The Kier molecular flexibility index (Phi) is 5.32. The van der Waals surface area contributed by atoms with Crippen molar-refractivity contribution in [1.82, 2.24) is 9.80 Å². The van der Waals surface area contributed by atoms with E-state index in [0.717, 1.165) is 80.3 Å². The minimum Gasteiger partial charge on any atom is -0.423 e. The summed E-state index contributed by atoms with van der Waals surface area (Å²) in [6, 6.07) is 6.04. The van der Waals surface area contributed by atoms with Gasteiger partial charge in [0.15, 0.2) is 0 Å². The van der Waals surface area contributed by atoms with E-state index in [-0.39, 0.29) is 5.63 Å². The van der Waals surface area contributed by atoms with E-state index in [1.807, 2.05) is 19.1 Å². The SMILES string of the molecule is CCc1cc2oc(=O)cc(CN3CCN(C4CCOC4)CC3)c2cc1Cl. The third-order valence-electron chi connectivity index (χ3n) is 5.60. The highest BCUT2D eigenvalue weighted by atomic mass is 35.5. The second kappa shape index (κ2) is 7.69.